The van der Waals surface area contributed by atoms with Crippen LogP contribution in [0.4, 0.5) is 0 Å². The molecule has 0 aliphatic heterocycles. The molecule has 0 aromatic carbocycles. The van der Waals surface area contributed by atoms with Gasteiger partial charge in [-0.1, -0.05) is 0 Å². The molecule has 2 aromatic rings. The summed E-state index contributed by atoms with van der Waals surface area (Å²) >= 11 is 1.39. The maximum atomic E-state index is 12.1. The number of aromatic nitrogens is 2. The predicted octanol–water partition coefficient (Wildman–Crippen LogP) is -0.255. The number of rotatable bonds is 7. The monoisotopic (exact) mass is 283 g/mol. The third-order valence-electron chi connectivity index (χ3n) is 2.93. The molecule has 0 bridgehead atoms. The second kappa shape index (κ2) is 6.76. The quantitative estimate of drug-likeness (QED) is 0.732. The Hall–Kier alpha value is -1.28. The highest BCUT2D eigenvalue weighted by atomic mass is 32.1. The number of aliphatic hydroxyl groups excluding tert-OH is 2. The summed E-state index contributed by atoms with van der Waals surface area (Å²) in [6.45, 7) is 2.15. The Morgan fingerprint density at radius 2 is 2.00 bits per heavy atom. The first-order valence-corrected chi connectivity index (χ1v) is 7.01. The molecule has 0 radical (unpaired) electrons. The van der Waals surface area contributed by atoms with E-state index < -0.39 is 0 Å². The Bertz CT molecular complexity index is 575. The smallest absolute Gasteiger partial charge is 0.271 e. The number of fused-ring (bicyclic) bond motifs is 1. The zero-order valence-corrected chi connectivity index (χ0v) is 11.3. The molecule has 2 N–H and O–H groups in total. The highest BCUT2D eigenvalue weighted by Gasteiger charge is 2.07. The van der Waals surface area contributed by atoms with Crippen molar-refractivity contribution in [2.75, 3.05) is 32.8 Å². The molecule has 104 valence electrons. The second-order valence-corrected chi connectivity index (χ2v) is 5.08. The van der Waals surface area contributed by atoms with Gasteiger partial charge in [-0.2, -0.15) is 0 Å². The summed E-state index contributed by atoms with van der Waals surface area (Å²) in [5.41, 5.74) is 0.696. The summed E-state index contributed by atoms with van der Waals surface area (Å²) in [4.78, 5) is 18.3. The fourth-order valence-corrected chi connectivity index (χ4v) is 2.70. The van der Waals surface area contributed by atoms with Crippen LogP contribution in [0.5, 0.6) is 0 Å². The van der Waals surface area contributed by atoms with E-state index in [1.807, 2.05) is 16.3 Å². The molecule has 0 amide bonds. The average Bonchev–Trinajstić information content (AvgIpc) is 2.87. The van der Waals surface area contributed by atoms with Gasteiger partial charge < -0.3 is 10.2 Å². The van der Waals surface area contributed by atoms with Gasteiger partial charge in [-0.15, -0.1) is 11.3 Å². The first-order valence-electron chi connectivity index (χ1n) is 6.13. The van der Waals surface area contributed by atoms with Crippen LogP contribution >= 0.6 is 11.3 Å². The van der Waals surface area contributed by atoms with Gasteiger partial charge in [0.2, 0.25) is 0 Å². The van der Waals surface area contributed by atoms with Gasteiger partial charge >= 0.3 is 0 Å². The van der Waals surface area contributed by atoms with E-state index in [1.54, 1.807) is 10.9 Å². The lowest BCUT2D eigenvalue weighted by Crippen LogP contribution is -2.34. The molecule has 0 saturated heterocycles. The van der Waals surface area contributed by atoms with Crippen molar-refractivity contribution in [3.63, 3.8) is 0 Å². The van der Waals surface area contributed by atoms with E-state index in [9.17, 15) is 4.79 Å². The Labute approximate surface area is 114 Å². The molecule has 0 unspecified atom stereocenters. The Morgan fingerprint density at radius 1 is 1.26 bits per heavy atom. The number of thiophene rings is 1. The zero-order chi connectivity index (χ0) is 13.7. The largest absolute Gasteiger partial charge is 0.395 e. The first-order chi connectivity index (χ1) is 9.26. The van der Waals surface area contributed by atoms with E-state index in [1.165, 1.54) is 11.3 Å². The van der Waals surface area contributed by atoms with E-state index in [0.29, 0.717) is 30.9 Å². The molecule has 2 heterocycles. The molecule has 2 aromatic heterocycles. The van der Waals surface area contributed by atoms with E-state index in [2.05, 4.69) is 4.98 Å². The van der Waals surface area contributed by atoms with Gasteiger partial charge in [-0.25, -0.2) is 4.98 Å². The van der Waals surface area contributed by atoms with Gasteiger partial charge in [-0.05, 0) is 11.4 Å². The molecular weight excluding hydrogens is 266 g/mol. The standard InChI is InChI=1S/C12H17N3O3S/c16-6-4-14(5-7-17)2-3-15-9-13-10-1-8-19-11(10)12(15)18/h1,8-9,16-17H,2-7H2. The van der Waals surface area contributed by atoms with Crippen LogP contribution in [0.15, 0.2) is 22.6 Å². The second-order valence-electron chi connectivity index (χ2n) is 4.17. The van der Waals surface area contributed by atoms with Gasteiger partial charge in [0.15, 0.2) is 0 Å². The van der Waals surface area contributed by atoms with Crippen LogP contribution in [0.3, 0.4) is 0 Å². The summed E-state index contributed by atoms with van der Waals surface area (Å²) in [6.07, 6.45) is 1.55. The van der Waals surface area contributed by atoms with E-state index in [-0.39, 0.29) is 18.8 Å². The average molecular weight is 283 g/mol. The molecule has 0 aliphatic carbocycles. The van der Waals surface area contributed by atoms with Crippen LogP contribution in [0.25, 0.3) is 10.2 Å². The lowest BCUT2D eigenvalue weighted by atomic mass is 10.4. The summed E-state index contributed by atoms with van der Waals surface area (Å²) in [6, 6.07) is 1.83. The molecule has 0 spiro atoms. The van der Waals surface area contributed by atoms with Gasteiger partial charge in [0.25, 0.3) is 5.56 Å². The highest BCUT2D eigenvalue weighted by molar-refractivity contribution is 7.17. The van der Waals surface area contributed by atoms with Crippen LogP contribution in [-0.2, 0) is 6.54 Å². The van der Waals surface area contributed by atoms with Crippen molar-refractivity contribution in [2.24, 2.45) is 0 Å². The molecule has 0 fully saturated rings. The zero-order valence-electron chi connectivity index (χ0n) is 10.5. The fraction of sp³-hybridized carbons (Fsp3) is 0.500. The summed E-state index contributed by atoms with van der Waals surface area (Å²) in [5.74, 6) is 0. The summed E-state index contributed by atoms with van der Waals surface area (Å²) in [5, 5.41) is 19.7. The van der Waals surface area contributed by atoms with Crippen LogP contribution in [0, 0.1) is 0 Å². The molecule has 0 atom stereocenters. The van der Waals surface area contributed by atoms with Gasteiger partial charge in [0.05, 0.1) is 25.1 Å². The number of hydrogen-bond acceptors (Lipinski definition) is 6. The maximum absolute atomic E-state index is 12.1. The van der Waals surface area contributed by atoms with Crippen molar-refractivity contribution < 1.29 is 10.2 Å². The van der Waals surface area contributed by atoms with E-state index in [0.717, 1.165) is 5.52 Å². The summed E-state index contributed by atoms with van der Waals surface area (Å²) in [7, 11) is 0. The number of hydrogen-bond donors (Lipinski definition) is 2. The minimum atomic E-state index is -0.0343. The van der Waals surface area contributed by atoms with Gasteiger partial charge in [0, 0.05) is 26.2 Å². The fourth-order valence-electron chi connectivity index (χ4n) is 1.91. The van der Waals surface area contributed by atoms with Crippen molar-refractivity contribution in [3.05, 3.63) is 28.1 Å². The predicted molar refractivity (Wildman–Crippen MR) is 74.5 cm³/mol. The van der Waals surface area contributed by atoms with Crippen molar-refractivity contribution in [1.82, 2.24) is 14.5 Å². The van der Waals surface area contributed by atoms with Gasteiger partial charge in [0.1, 0.15) is 4.70 Å². The highest BCUT2D eigenvalue weighted by Crippen LogP contribution is 2.12. The SMILES string of the molecule is O=c1c2sccc2ncn1CCN(CCO)CCO. The maximum Gasteiger partial charge on any atom is 0.271 e. The minimum absolute atomic E-state index is 0.0343. The lowest BCUT2D eigenvalue weighted by Gasteiger charge is -2.20. The molecular formula is C12H17N3O3S. The topological polar surface area (TPSA) is 78.6 Å². The molecule has 6 nitrogen and oxygen atoms in total. The van der Waals surface area contributed by atoms with Crippen LogP contribution < -0.4 is 5.56 Å². The molecule has 0 saturated carbocycles. The molecule has 7 heteroatoms. The minimum Gasteiger partial charge on any atom is -0.395 e. The Balaban J connectivity index is 2.08. The first kappa shape index (κ1) is 14.1. The Morgan fingerprint density at radius 3 is 2.68 bits per heavy atom. The summed E-state index contributed by atoms with van der Waals surface area (Å²) < 4.78 is 2.24. The van der Waals surface area contributed by atoms with E-state index >= 15 is 0 Å². The number of aliphatic hydroxyl groups is 2. The van der Waals surface area contributed by atoms with Crippen LogP contribution in [0.1, 0.15) is 0 Å². The third-order valence-corrected chi connectivity index (χ3v) is 3.82. The number of nitrogens with zero attached hydrogens (tertiary/aromatic N) is 3. The Kier molecular flexibility index (Phi) is 5.03. The molecule has 2 rings (SSSR count). The van der Waals surface area contributed by atoms with Crippen LogP contribution in [0.2, 0.25) is 0 Å². The van der Waals surface area contributed by atoms with E-state index in [4.69, 9.17) is 10.2 Å². The third kappa shape index (κ3) is 3.38. The normalized spacial score (nSPS) is 11.5. The van der Waals surface area contributed by atoms with Crippen molar-refractivity contribution in [3.8, 4) is 0 Å². The van der Waals surface area contributed by atoms with Gasteiger partial charge in [-0.3, -0.25) is 14.3 Å². The molecule has 19 heavy (non-hydrogen) atoms. The van der Waals surface area contributed by atoms with Crippen molar-refractivity contribution >= 4 is 21.6 Å². The molecule has 0 aliphatic rings. The van der Waals surface area contributed by atoms with Crippen molar-refractivity contribution in [2.45, 2.75) is 6.54 Å². The van der Waals surface area contributed by atoms with Crippen LogP contribution in [-0.4, -0.2) is 57.5 Å². The van der Waals surface area contributed by atoms with Crippen molar-refractivity contribution in [1.29, 1.82) is 0 Å². The lowest BCUT2D eigenvalue weighted by molar-refractivity contribution is 0.157.